The first-order chi connectivity index (χ1) is 8.06. The zero-order valence-corrected chi connectivity index (χ0v) is 13.1. The van der Waals surface area contributed by atoms with Crippen LogP contribution in [0.5, 0.6) is 0 Å². The molecule has 0 saturated carbocycles. The maximum atomic E-state index is 5.79. The number of halogens is 1. The Morgan fingerprint density at radius 3 is 2.76 bits per heavy atom. The molecular formula is C12H15BrN2S2. The van der Waals surface area contributed by atoms with Crippen LogP contribution in [-0.2, 0) is 6.42 Å². The molecule has 1 unspecified atom stereocenters. The van der Waals surface area contributed by atoms with Gasteiger partial charge in [0.2, 0.25) is 0 Å². The van der Waals surface area contributed by atoms with Crippen LogP contribution < -0.4 is 5.73 Å². The second-order valence-electron chi connectivity index (χ2n) is 4.15. The van der Waals surface area contributed by atoms with Crippen LogP contribution in [0.25, 0.3) is 9.88 Å². The van der Waals surface area contributed by atoms with Crippen LogP contribution in [0.3, 0.4) is 0 Å². The van der Waals surface area contributed by atoms with Crippen molar-refractivity contribution >= 4 is 38.6 Å². The topological polar surface area (TPSA) is 38.9 Å². The summed E-state index contributed by atoms with van der Waals surface area (Å²) in [6.45, 7) is 4.13. The normalized spacial score (nSPS) is 12.9. The first-order valence-electron chi connectivity index (χ1n) is 5.54. The number of hydrogen-bond donors (Lipinski definition) is 1. The van der Waals surface area contributed by atoms with E-state index in [1.807, 2.05) is 6.92 Å². The van der Waals surface area contributed by atoms with Gasteiger partial charge in [-0.3, -0.25) is 0 Å². The van der Waals surface area contributed by atoms with Crippen molar-refractivity contribution in [3.8, 4) is 9.88 Å². The molecule has 2 heterocycles. The molecule has 0 saturated heterocycles. The SMILES string of the molecule is Cc1nc(-c2ccc(Br)s2)sc1CCC(C)N. The molecule has 92 valence electrons. The van der Waals surface area contributed by atoms with Crippen LogP contribution in [0.15, 0.2) is 15.9 Å². The summed E-state index contributed by atoms with van der Waals surface area (Å²) < 4.78 is 1.15. The van der Waals surface area contributed by atoms with E-state index < -0.39 is 0 Å². The fraction of sp³-hybridized carbons (Fsp3) is 0.417. The number of thiazole rings is 1. The van der Waals surface area contributed by atoms with E-state index in [0.29, 0.717) is 0 Å². The summed E-state index contributed by atoms with van der Waals surface area (Å²) in [6.07, 6.45) is 2.06. The van der Waals surface area contributed by atoms with E-state index in [1.165, 1.54) is 9.75 Å². The van der Waals surface area contributed by atoms with Crippen LogP contribution in [0.4, 0.5) is 0 Å². The zero-order chi connectivity index (χ0) is 12.4. The highest BCUT2D eigenvalue weighted by molar-refractivity contribution is 9.11. The Kier molecular flexibility index (Phi) is 4.36. The molecule has 2 aromatic heterocycles. The Bertz CT molecular complexity index is 502. The molecule has 1 atom stereocenters. The lowest BCUT2D eigenvalue weighted by molar-refractivity contribution is 0.668. The molecule has 0 amide bonds. The maximum absolute atomic E-state index is 5.79. The molecule has 5 heteroatoms. The van der Waals surface area contributed by atoms with Gasteiger partial charge >= 0.3 is 0 Å². The Balaban J connectivity index is 2.18. The van der Waals surface area contributed by atoms with Gasteiger partial charge in [-0.1, -0.05) is 0 Å². The quantitative estimate of drug-likeness (QED) is 0.911. The van der Waals surface area contributed by atoms with Gasteiger partial charge in [0.1, 0.15) is 5.01 Å². The molecule has 0 fully saturated rings. The highest BCUT2D eigenvalue weighted by Crippen LogP contribution is 2.35. The van der Waals surface area contributed by atoms with Crippen molar-refractivity contribution < 1.29 is 0 Å². The summed E-state index contributed by atoms with van der Waals surface area (Å²) >= 11 is 7.00. The van der Waals surface area contributed by atoms with Crippen molar-refractivity contribution in [2.75, 3.05) is 0 Å². The number of nitrogens with zero attached hydrogens (tertiary/aromatic N) is 1. The minimum absolute atomic E-state index is 0.260. The van der Waals surface area contributed by atoms with Crippen molar-refractivity contribution in [1.29, 1.82) is 0 Å². The van der Waals surface area contributed by atoms with Gasteiger partial charge in [-0.15, -0.1) is 22.7 Å². The number of thiophene rings is 1. The van der Waals surface area contributed by atoms with Gasteiger partial charge in [0, 0.05) is 10.9 Å². The van der Waals surface area contributed by atoms with Crippen LogP contribution in [0, 0.1) is 6.92 Å². The van der Waals surface area contributed by atoms with E-state index in [1.54, 1.807) is 22.7 Å². The molecule has 2 nitrogen and oxygen atoms in total. The number of nitrogens with two attached hydrogens (primary N) is 1. The number of aromatic nitrogens is 1. The fourth-order valence-corrected chi connectivity index (χ4v) is 4.07. The molecule has 2 aromatic rings. The molecule has 0 aliphatic heterocycles. The molecule has 17 heavy (non-hydrogen) atoms. The summed E-state index contributed by atoms with van der Waals surface area (Å²) in [5.74, 6) is 0. The van der Waals surface area contributed by atoms with Gasteiger partial charge in [-0.05, 0) is 54.8 Å². The highest BCUT2D eigenvalue weighted by atomic mass is 79.9. The highest BCUT2D eigenvalue weighted by Gasteiger charge is 2.11. The summed E-state index contributed by atoms with van der Waals surface area (Å²) in [4.78, 5) is 7.24. The van der Waals surface area contributed by atoms with Gasteiger partial charge < -0.3 is 5.73 Å². The first-order valence-corrected chi connectivity index (χ1v) is 7.96. The summed E-state index contributed by atoms with van der Waals surface area (Å²) in [7, 11) is 0. The van der Waals surface area contributed by atoms with E-state index in [9.17, 15) is 0 Å². The lowest BCUT2D eigenvalue weighted by Crippen LogP contribution is -2.15. The monoisotopic (exact) mass is 330 g/mol. The third kappa shape index (κ3) is 3.37. The van der Waals surface area contributed by atoms with Crippen LogP contribution in [-0.4, -0.2) is 11.0 Å². The molecule has 0 radical (unpaired) electrons. The molecule has 0 spiro atoms. The van der Waals surface area contributed by atoms with Crippen LogP contribution in [0.2, 0.25) is 0 Å². The van der Waals surface area contributed by atoms with Crippen LogP contribution >= 0.6 is 38.6 Å². The maximum Gasteiger partial charge on any atom is 0.133 e. The second kappa shape index (κ2) is 5.61. The largest absolute Gasteiger partial charge is 0.328 e. The molecule has 0 aliphatic carbocycles. The van der Waals surface area contributed by atoms with Gasteiger partial charge in [0.15, 0.2) is 0 Å². The summed E-state index contributed by atoms with van der Waals surface area (Å²) in [6, 6.07) is 4.44. The Labute approximate surface area is 118 Å². The average molecular weight is 331 g/mol. The minimum Gasteiger partial charge on any atom is -0.328 e. The molecule has 0 aliphatic rings. The smallest absolute Gasteiger partial charge is 0.133 e. The third-order valence-electron chi connectivity index (χ3n) is 2.50. The number of hydrogen-bond acceptors (Lipinski definition) is 4. The van der Waals surface area contributed by atoms with Gasteiger partial charge in [-0.25, -0.2) is 4.98 Å². The first kappa shape index (κ1) is 13.2. The Morgan fingerprint density at radius 2 is 2.18 bits per heavy atom. The van der Waals surface area contributed by atoms with Gasteiger partial charge in [0.25, 0.3) is 0 Å². The van der Waals surface area contributed by atoms with Crippen molar-refractivity contribution in [2.45, 2.75) is 32.7 Å². The van der Waals surface area contributed by atoms with Crippen molar-refractivity contribution in [2.24, 2.45) is 5.73 Å². The van der Waals surface area contributed by atoms with Crippen LogP contribution in [0.1, 0.15) is 23.9 Å². The average Bonchev–Trinajstić information content (AvgIpc) is 2.82. The predicted molar refractivity (Wildman–Crippen MR) is 79.8 cm³/mol. The van der Waals surface area contributed by atoms with Crippen molar-refractivity contribution in [1.82, 2.24) is 4.98 Å². The molecular weight excluding hydrogens is 316 g/mol. The minimum atomic E-state index is 0.260. The van der Waals surface area contributed by atoms with Gasteiger partial charge in [-0.2, -0.15) is 0 Å². The molecule has 0 bridgehead atoms. The van der Waals surface area contributed by atoms with Gasteiger partial charge in [0.05, 0.1) is 14.4 Å². The Hall–Kier alpha value is -0.230. The fourth-order valence-electron chi connectivity index (χ4n) is 1.55. The lowest BCUT2D eigenvalue weighted by Gasteiger charge is -2.02. The molecule has 2 N–H and O–H groups in total. The van der Waals surface area contributed by atoms with E-state index in [4.69, 9.17) is 5.73 Å². The second-order valence-corrected chi connectivity index (χ2v) is 7.69. The van der Waals surface area contributed by atoms with E-state index in [-0.39, 0.29) is 6.04 Å². The third-order valence-corrected chi connectivity index (χ3v) is 5.51. The molecule has 0 aromatic carbocycles. The van der Waals surface area contributed by atoms with E-state index in [0.717, 1.165) is 27.3 Å². The standard InChI is InChI=1S/C12H15BrN2S2/c1-7(14)3-4-9-8(2)15-12(17-9)10-5-6-11(13)16-10/h5-7H,3-4,14H2,1-2H3. The zero-order valence-electron chi connectivity index (χ0n) is 9.87. The Morgan fingerprint density at radius 1 is 1.41 bits per heavy atom. The number of rotatable bonds is 4. The summed E-state index contributed by atoms with van der Waals surface area (Å²) in [5.41, 5.74) is 6.94. The lowest BCUT2D eigenvalue weighted by atomic mass is 10.1. The van der Waals surface area contributed by atoms with Crippen molar-refractivity contribution in [3.05, 3.63) is 26.5 Å². The van der Waals surface area contributed by atoms with E-state index >= 15 is 0 Å². The summed E-state index contributed by atoms with van der Waals surface area (Å²) in [5, 5.41) is 1.12. The predicted octanol–water partition coefficient (Wildman–Crippen LogP) is 4.22. The van der Waals surface area contributed by atoms with E-state index in [2.05, 4.69) is 40.0 Å². The number of aryl methyl sites for hydroxylation is 2. The van der Waals surface area contributed by atoms with Crippen molar-refractivity contribution in [3.63, 3.8) is 0 Å². The molecule has 2 rings (SSSR count).